The zero-order valence-corrected chi connectivity index (χ0v) is 13.8. The molecule has 0 amide bonds. The molecule has 2 aliphatic rings. The second kappa shape index (κ2) is 8.97. The predicted molar refractivity (Wildman–Crippen MR) is 85.6 cm³/mol. The maximum absolute atomic E-state index is 3.21. The van der Waals surface area contributed by atoms with Crippen LogP contribution in [0.3, 0.4) is 0 Å². The van der Waals surface area contributed by atoms with Crippen molar-refractivity contribution in [2.45, 2.75) is 65.7 Å². The monoisotopic (exact) mass is 268 g/mol. The maximum atomic E-state index is 3.21. The highest BCUT2D eigenvalue weighted by Crippen LogP contribution is 2.32. The van der Waals surface area contributed by atoms with Crippen LogP contribution in [0.5, 0.6) is 0 Å². The lowest BCUT2D eigenvalue weighted by Gasteiger charge is -2.48. The van der Waals surface area contributed by atoms with Crippen LogP contribution in [0, 0.1) is 11.3 Å². The topological polar surface area (TPSA) is 15.3 Å². The number of hydrogen-bond acceptors (Lipinski definition) is 2. The summed E-state index contributed by atoms with van der Waals surface area (Å²) in [4.78, 5) is 2.50. The molecule has 2 heteroatoms. The van der Waals surface area contributed by atoms with E-state index in [1.54, 1.807) is 0 Å². The van der Waals surface area contributed by atoms with E-state index < -0.39 is 0 Å². The van der Waals surface area contributed by atoms with Crippen LogP contribution >= 0.6 is 0 Å². The third-order valence-corrected chi connectivity index (χ3v) is 4.94. The predicted octanol–water partition coefficient (Wildman–Crippen LogP) is 3.91. The van der Waals surface area contributed by atoms with E-state index in [2.05, 4.69) is 31.0 Å². The molecule has 1 N–H and O–H groups in total. The van der Waals surface area contributed by atoms with Gasteiger partial charge in [0.15, 0.2) is 0 Å². The van der Waals surface area contributed by atoms with Crippen LogP contribution in [-0.4, -0.2) is 38.1 Å². The van der Waals surface area contributed by atoms with Crippen LogP contribution in [0.25, 0.3) is 0 Å². The highest BCUT2D eigenvalue weighted by atomic mass is 15.2. The number of nitrogens with one attached hydrogen (secondary N) is 1. The van der Waals surface area contributed by atoms with Crippen molar-refractivity contribution in [1.29, 1.82) is 0 Å². The molecular formula is C17H36N2. The van der Waals surface area contributed by atoms with Crippen molar-refractivity contribution in [2.24, 2.45) is 11.3 Å². The summed E-state index contributed by atoms with van der Waals surface area (Å²) in [6, 6.07) is 0. The molecule has 0 bridgehead atoms. The fraction of sp³-hybridized carbons (Fsp3) is 1.00. The molecule has 1 aliphatic heterocycles. The molecule has 2 nitrogen and oxygen atoms in total. The average molecular weight is 268 g/mol. The van der Waals surface area contributed by atoms with Gasteiger partial charge in [-0.1, -0.05) is 59.3 Å². The lowest BCUT2D eigenvalue weighted by atomic mass is 9.79. The van der Waals surface area contributed by atoms with Gasteiger partial charge in [-0.2, -0.15) is 0 Å². The van der Waals surface area contributed by atoms with Gasteiger partial charge < -0.3 is 10.2 Å². The van der Waals surface area contributed by atoms with Gasteiger partial charge in [-0.05, 0) is 37.9 Å². The second-order valence-corrected chi connectivity index (χ2v) is 6.88. The van der Waals surface area contributed by atoms with Gasteiger partial charge in [-0.25, -0.2) is 0 Å². The Kier molecular flexibility index (Phi) is 8.01. The molecule has 0 aromatic heterocycles. The molecule has 2 fully saturated rings. The number of rotatable bonds is 5. The first-order valence-corrected chi connectivity index (χ1v) is 8.50. The molecule has 0 unspecified atom stereocenters. The van der Waals surface area contributed by atoms with E-state index in [9.17, 15) is 0 Å². The van der Waals surface area contributed by atoms with Gasteiger partial charge in [0.05, 0.1) is 0 Å². The molecular weight excluding hydrogens is 232 g/mol. The van der Waals surface area contributed by atoms with Crippen molar-refractivity contribution >= 4 is 0 Å². The summed E-state index contributed by atoms with van der Waals surface area (Å²) in [5.74, 6) is 1.09. The van der Waals surface area contributed by atoms with E-state index in [1.165, 1.54) is 64.6 Å². The summed E-state index contributed by atoms with van der Waals surface area (Å²) < 4.78 is 0. The van der Waals surface area contributed by atoms with E-state index in [0.717, 1.165) is 12.5 Å². The first-order chi connectivity index (χ1) is 9.13. The van der Waals surface area contributed by atoms with E-state index in [-0.39, 0.29) is 0 Å². The van der Waals surface area contributed by atoms with Crippen LogP contribution < -0.4 is 5.32 Å². The van der Waals surface area contributed by atoms with Crippen LogP contribution in [0.2, 0.25) is 0 Å². The minimum Gasteiger partial charge on any atom is -0.320 e. The SMILES string of the molecule is CCC1CCCCC1.CCN1CC(C)(CCNC)C1. The van der Waals surface area contributed by atoms with Gasteiger partial charge in [0.25, 0.3) is 0 Å². The van der Waals surface area contributed by atoms with Crippen LogP contribution in [0.15, 0.2) is 0 Å². The maximum Gasteiger partial charge on any atom is 0.00482 e. The van der Waals surface area contributed by atoms with Gasteiger partial charge in [-0.3, -0.25) is 0 Å². The lowest BCUT2D eigenvalue weighted by molar-refractivity contribution is 0.0142. The Hall–Kier alpha value is -0.0800. The standard InChI is InChI=1S/C9H20N2.C8H16/c1-4-11-7-9(2,8-11)5-6-10-3;1-2-8-6-4-3-5-7-8/h10H,4-8H2,1-3H3;8H,2-7H2,1H3. The van der Waals surface area contributed by atoms with Gasteiger partial charge in [-0.15, -0.1) is 0 Å². The van der Waals surface area contributed by atoms with Crippen LogP contribution in [-0.2, 0) is 0 Å². The summed E-state index contributed by atoms with van der Waals surface area (Å²) in [5.41, 5.74) is 0.610. The number of likely N-dealkylation sites (tertiary alicyclic amines) is 1. The summed E-state index contributed by atoms with van der Waals surface area (Å²) in [5, 5.41) is 3.21. The van der Waals surface area contributed by atoms with Crippen molar-refractivity contribution in [2.75, 3.05) is 33.2 Å². The van der Waals surface area contributed by atoms with Crippen molar-refractivity contribution < 1.29 is 0 Å². The van der Waals surface area contributed by atoms with Gasteiger partial charge in [0.1, 0.15) is 0 Å². The van der Waals surface area contributed by atoms with Crippen molar-refractivity contribution in [3.8, 4) is 0 Å². The molecule has 1 saturated carbocycles. The molecule has 0 aromatic rings. The van der Waals surface area contributed by atoms with E-state index in [1.807, 2.05) is 7.05 Å². The normalized spacial score (nSPS) is 23.4. The Morgan fingerprint density at radius 2 is 1.74 bits per heavy atom. The highest BCUT2D eigenvalue weighted by Gasteiger charge is 2.36. The second-order valence-electron chi connectivity index (χ2n) is 6.88. The average Bonchev–Trinajstić information content (AvgIpc) is 2.43. The molecule has 1 heterocycles. The Labute approximate surface area is 121 Å². The largest absolute Gasteiger partial charge is 0.320 e. The molecule has 0 spiro atoms. The van der Waals surface area contributed by atoms with E-state index in [0.29, 0.717) is 5.41 Å². The molecule has 114 valence electrons. The molecule has 0 atom stereocenters. The number of nitrogens with zero attached hydrogens (tertiary/aromatic N) is 1. The fourth-order valence-electron chi connectivity index (χ4n) is 3.44. The molecule has 1 saturated heterocycles. The third kappa shape index (κ3) is 6.27. The number of hydrogen-bond donors (Lipinski definition) is 1. The molecule has 2 rings (SSSR count). The minimum atomic E-state index is 0.610. The zero-order chi connectivity index (χ0) is 14.1. The van der Waals surface area contributed by atoms with Gasteiger partial charge >= 0.3 is 0 Å². The molecule has 0 aromatic carbocycles. The quantitative estimate of drug-likeness (QED) is 0.813. The molecule has 19 heavy (non-hydrogen) atoms. The van der Waals surface area contributed by atoms with E-state index in [4.69, 9.17) is 0 Å². The van der Waals surface area contributed by atoms with Crippen molar-refractivity contribution in [1.82, 2.24) is 10.2 Å². The summed E-state index contributed by atoms with van der Waals surface area (Å²) in [6.07, 6.45) is 10.3. The first-order valence-electron chi connectivity index (χ1n) is 8.50. The van der Waals surface area contributed by atoms with Crippen molar-refractivity contribution in [3.05, 3.63) is 0 Å². The Morgan fingerprint density at radius 1 is 1.11 bits per heavy atom. The van der Waals surface area contributed by atoms with E-state index >= 15 is 0 Å². The Balaban J connectivity index is 0.000000200. The summed E-state index contributed by atoms with van der Waals surface area (Å²) >= 11 is 0. The Bertz CT molecular complexity index is 210. The zero-order valence-electron chi connectivity index (χ0n) is 13.8. The minimum absolute atomic E-state index is 0.610. The molecule has 0 radical (unpaired) electrons. The van der Waals surface area contributed by atoms with Crippen LogP contribution in [0.1, 0.15) is 65.7 Å². The summed E-state index contributed by atoms with van der Waals surface area (Å²) in [6.45, 7) is 11.9. The van der Waals surface area contributed by atoms with Gasteiger partial charge in [0.2, 0.25) is 0 Å². The summed E-state index contributed by atoms with van der Waals surface area (Å²) in [7, 11) is 2.03. The third-order valence-electron chi connectivity index (χ3n) is 4.94. The van der Waals surface area contributed by atoms with Crippen LogP contribution in [0.4, 0.5) is 0 Å². The smallest absolute Gasteiger partial charge is 0.00482 e. The lowest BCUT2D eigenvalue weighted by Crippen LogP contribution is -2.55. The first kappa shape index (κ1) is 17.0. The van der Waals surface area contributed by atoms with Gasteiger partial charge in [0, 0.05) is 13.1 Å². The fourth-order valence-corrected chi connectivity index (χ4v) is 3.44. The van der Waals surface area contributed by atoms with Crippen molar-refractivity contribution in [3.63, 3.8) is 0 Å². The molecule has 1 aliphatic carbocycles. The Morgan fingerprint density at radius 3 is 2.16 bits per heavy atom. The highest BCUT2D eigenvalue weighted by molar-refractivity contribution is 4.90.